The van der Waals surface area contributed by atoms with Gasteiger partial charge in [-0.1, -0.05) is 12.1 Å². The van der Waals surface area contributed by atoms with E-state index >= 15 is 0 Å². The van der Waals surface area contributed by atoms with Gasteiger partial charge in [-0.05, 0) is 24.6 Å². The topological polar surface area (TPSA) is 79.2 Å². The number of nitriles is 1. The fraction of sp³-hybridized carbons (Fsp3) is 0.357. The number of ether oxygens (including phenoxy) is 1. The molecule has 5 heteroatoms. The van der Waals surface area contributed by atoms with Crippen molar-refractivity contribution in [3.63, 3.8) is 0 Å². The van der Waals surface area contributed by atoms with E-state index in [4.69, 9.17) is 10.00 Å². The highest BCUT2D eigenvalue weighted by atomic mass is 16.5. The SMILES string of the molecule is CCOC(=O)[C@H](Cc1ccc(C#N)cc1)NC(C)=O. The molecule has 0 aromatic heterocycles. The van der Waals surface area contributed by atoms with Crippen LogP contribution in [-0.2, 0) is 20.7 Å². The van der Waals surface area contributed by atoms with Crippen LogP contribution in [0, 0.1) is 11.3 Å². The fourth-order valence-electron chi connectivity index (χ4n) is 1.63. The lowest BCUT2D eigenvalue weighted by atomic mass is 10.0. The molecule has 1 N–H and O–H groups in total. The van der Waals surface area contributed by atoms with Gasteiger partial charge in [0.15, 0.2) is 0 Å². The van der Waals surface area contributed by atoms with E-state index in [0.717, 1.165) is 5.56 Å². The summed E-state index contributed by atoms with van der Waals surface area (Å²) < 4.78 is 4.92. The largest absolute Gasteiger partial charge is 0.464 e. The van der Waals surface area contributed by atoms with Crippen LogP contribution < -0.4 is 5.32 Å². The van der Waals surface area contributed by atoms with Crippen LogP contribution in [0.15, 0.2) is 24.3 Å². The van der Waals surface area contributed by atoms with Crippen LogP contribution in [0.4, 0.5) is 0 Å². The summed E-state index contributed by atoms with van der Waals surface area (Å²) in [5.74, 6) is -0.742. The lowest BCUT2D eigenvalue weighted by molar-refractivity contribution is -0.147. The molecule has 100 valence electrons. The highest BCUT2D eigenvalue weighted by molar-refractivity contribution is 5.83. The fourth-order valence-corrected chi connectivity index (χ4v) is 1.63. The minimum Gasteiger partial charge on any atom is -0.464 e. The molecule has 5 nitrogen and oxygen atoms in total. The van der Waals surface area contributed by atoms with Crippen LogP contribution in [0.25, 0.3) is 0 Å². The predicted octanol–water partition coefficient (Wildman–Crippen LogP) is 1.17. The average Bonchev–Trinajstić information content (AvgIpc) is 2.38. The van der Waals surface area contributed by atoms with Crippen LogP contribution in [0.2, 0.25) is 0 Å². The maximum absolute atomic E-state index is 11.7. The highest BCUT2D eigenvalue weighted by Gasteiger charge is 2.20. The molecule has 0 fully saturated rings. The first-order valence-electron chi connectivity index (χ1n) is 5.99. The van der Waals surface area contributed by atoms with Gasteiger partial charge in [-0.3, -0.25) is 4.79 Å². The van der Waals surface area contributed by atoms with Gasteiger partial charge in [0.05, 0.1) is 18.2 Å². The molecule has 0 heterocycles. The van der Waals surface area contributed by atoms with Gasteiger partial charge in [0, 0.05) is 13.3 Å². The summed E-state index contributed by atoms with van der Waals surface area (Å²) in [5.41, 5.74) is 1.40. The van der Waals surface area contributed by atoms with Gasteiger partial charge in [0.25, 0.3) is 0 Å². The molecule has 1 amide bonds. The quantitative estimate of drug-likeness (QED) is 0.806. The molecule has 1 aromatic carbocycles. The highest BCUT2D eigenvalue weighted by Crippen LogP contribution is 2.07. The van der Waals surface area contributed by atoms with Gasteiger partial charge in [0.2, 0.25) is 5.91 Å². The molecule has 0 aliphatic heterocycles. The van der Waals surface area contributed by atoms with Crippen molar-refractivity contribution in [1.82, 2.24) is 5.32 Å². The van der Waals surface area contributed by atoms with E-state index in [9.17, 15) is 9.59 Å². The Morgan fingerprint density at radius 2 is 2.00 bits per heavy atom. The Morgan fingerprint density at radius 1 is 1.37 bits per heavy atom. The molecular weight excluding hydrogens is 244 g/mol. The molecule has 0 radical (unpaired) electrons. The smallest absolute Gasteiger partial charge is 0.328 e. The molecule has 0 aliphatic carbocycles. The molecule has 0 unspecified atom stereocenters. The molecule has 0 saturated heterocycles. The molecule has 19 heavy (non-hydrogen) atoms. The number of amides is 1. The number of nitrogens with one attached hydrogen (secondary N) is 1. The van der Waals surface area contributed by atoms with Crippen molar-refractivity contribution in [2.75, 3.05) is 6.61 Å². The molecule has 1 rings (SSSR count). The number of nitrogens with zero attached hydrogens (tertiary/aromatic N) is 1. The van der Waals surface area contributed by atoms with E-state index in [-0.39, 0.29) is 12.5 Å². The van der Waals surface area contributed by atoms with E-state index < -0.39 is 12.0 Å². The third-order valence-corrected chi connectivity index (χ3v) is 2.47. The summed E-state index contributed by atoms with van der Waals surface area (Å²) >= 11 is 0. The van der Waals surface area contributed by atoms with Crippen molar-refractivity contribution in [2.24, 2.45) is 0 Å². The first-order chi connectivity index (χ1) is 9.06. The van der Waals surface area contributed by atoms with Gasteiger partial charge >= 0.3 is 5.97 Å². The second-order valence-corrected chi connectivity index (χ2v) is 4.02. The standard InChI is InChI=1S/C14H16N2O3/c1-3-19-14(18)13(16-10(2)17)8-11-4-6-12(9-15)7-5-11/h4-7,13H,3,8H2,1-2H3,(H,16,17)/t13-/m0/s1. The molecule has 0 saturated carbocycles. The Bertz CT molecular complexity index is 488. The summed E-state index contributed by atoms with van der Waals surface area (Å²) in [6.07, 6.45) is 0.337. The van der Waals surface area contributed by atoms with Crippen molar-refractivity contribution in [2.45, 2.75) is 26.3 Å². The third-order valence-electron chi connectivity index (χ3n) is 2.47. The Labute approximate surface area is 112 Å². The Kier molecular flexibility index (Phi) is 5.55. The lowest BCUT2D eigenvalue weighted by Gasteiger charge is -2.16. The van der Waals surface area contributed by atoms with E-state index in [2.05, 4.69) is 5.32 Å². The van der Waals surface area contributed by atoms with E-state index in [1.807, 2.05) is 6.07 Å². The van der Waals surface area contributed by atoms with Gasteiger partial charge in [-0.15, -0.1) is 0 Å². The second kappa shape index (κ2) is 7.17. The number of hydrogen-bond donors (Lipinski definition) is 1. The van der Waals surface area contributed by atoms with E-state index in [1.165, 1.54) is 6.92 Å². The number of carbonyl (C=O) groups is 2. The Morgan fingerprint density at radius 3 is 2.47 bits per heavy atom. The van der Waals surface area contributed by atoms with Crippen molar-refractivity contribution in [3.8, 4) is 6.07 Å². The molecule has 0 spiro atoms. The summed E-state index contributed by atoms with van der Waals surface area (Å²) in [6, 6.07) is 8.18. The van der Waals surface area contributed by atoms with Crippen LogP contribution in [-0.4, -0.2) is 24.5 Å². The van der Waals surface area contributed by atoms with E-state index in [1.54, 1.807) is 31.2 Å². The minimum atomic E-state index is -0.703. The van der Waals surface area contributed by atoms with Crippen LogP contribution in [0.3, 0.4) is 0 Å². The van der Waals surface area contributed by atoms with Crippen LogP contribution >= 0.6 is 0 Å². The van der Waals surface area contributed by atoms with Crippen molar-refractivity contribution in [3.05, 3.63) is 35.4 Å². The summed E-state index contributed by atoms with van der Waals surface area (Å²) in [7, 11) is 0. The average molecular weight is 260 g/mol. The molecule has 0 aliphatic rings. The first-order valence-corrected chi connectivity index (χ1v) is 5.99. The minimum absolute atomic E-state index is 0.266. The van der Waals surface area contributed by atoms with Gasteiger partial charge in [0.1, 0.15) is 6.04 Å². The number of hydrogen-bond acceptors (Lipinski definition) is 4. The second-order valence-electron chi connectivity index (χ2n) is 4.02. The van der Waals surface area contributed by atoms with Gasteiger partial charge in [-0.25, -0.2) is 4.79 Å². The van der Waals surface area contributed by atoms with Crippen LogP contribution in [0.1, 0.15) is 25.0 Å². The van der Waals surface area contributed by atoms with Crippen molar-refractivity contribution >= 4 is 11.9 Å². The monoisotopic (exact) mass is 260 g/mol. The molecule has 1 atom stereocenters. The predicted molar refractivity (Wildman–Crippen MR) is 69.1 cm³/mol. The van der Waals surface area contributed by atoms with Crippen molar-refractivity contribution < 1.29 is 14.3 Å². The Hall–Kier alpha value is -2.35. The summed E-state index contributed by atoms with van der Waals surface area (Å²) in [5, 5.41) is 11.3. The first kappa shape index (κ1) is 14.7. The molecule has 0 bridgehead atoms. The van der Waals surface area contributed by atoms with Gasteiger partial charge < -0.3 is 10.1 Å². The van der Waals surface area contributed by atoms with Crippen molar-refractivity contribution in [1.29, 1.82) is 5.26 Å². The third kappa shape index (κ3) is 4.80. The van der Waals surface area contributed by atoms with Gasteiger partial charge in [-0.2, -0.15) is 5.26 Å². The Balaban J connectivity index is 2.78. The number of rotatable bonds is 5. The summed E-state index contributed by atoms with van der Waals surface area (Å²) in [6.45, 7) is 3.33. The zero-order chi connectivity index (χ0) is 14.3. The summed E-state index contributed by atoms with van der Waals surface area (Å²) in [4.78, 5) is 22.8. The lowest BCUT2D eigenvalue weighted by Crippen LogP contribution is -2.42. The normalized spacial score (nSPS) is 11.2. The molecular formula is C14H16N2O3. The maximum atomic E-state index is 11.7. The number of benzene rings is 1. The zero-order valence-electron chi connectivity index (χ0n) is 11.0. The number of esters is 1. The zero-order valence-corrected chi connectivity index (χ0v) is 11.0. The van der Waals surface area contributed by atoms with Crippen LogP contribution in [0.5, 0.6) is 0 Å². The maximum Gasteiger partial charge on any atom is 0.328 e. The van der Waals surface area contributed by atoms with E-state index in [0.29, 0.717) is 12.0 Å². The number of carbonyl (C=O) groups excluding carboxylic acids is 2. The molecule has 1 aromatic rings.